The van der Waals surface area contributed by atoms with Crippen molar-refractivity contribution in [3.63, 3.8) is 0 Å². The van der Waals surface area contributed by atoms with E-state index in [0.29, 0.717) is 38.6 Å². The molecule has 1 saturated heterocycles. The smallest absolute Gasteiger partial charge is 0.301 e. The number of thioether (sulfide) groups is 1. The van der Waals surface area contributed by atoms with Crippen molar-refractivity contribution < 1.29 is 19.4 Å². The Labute approximate surface area is 257 Å². The first-order valence-electron chi connectivity index (χ1n) is 13.6. The molecule has 1 unspecified atom stereocenters. The number of aliphatic hydroxyl groups excluding tert-OH is 1. The van der Waals surface area contributed by atoms with E-state index in [-0.39, 0.29) is 16.5 Å². The van der Waals surface area contributed by atoms with Crippen LogP contribution in [0.25, 0.3) is 5.76 Å². The van der Waals surface area contributed by atoms with Gasteiger partial charge in [-0.3, -0.25) is 19.5 Å². The maximum absolute atomic E-state index is 13.5. The molecular weight excluding hydrogens is 592 g/mol. The molecule has 42 heavy (non-hydrogen) atoms. The van der Waals surface area contributed by atoms with Crippen LogP contribution < -0.4 is 9.64 Å². The largest absolute Gasteiger partial charge is 0.507 e. The van der Waals surface area contributed by atoms with Crippen molar-refractivity contribution in [1.29, 1.82) is 0 Å². The Hall–Kier alpha value is -3.73. The highest BCUT2D eigenvalue weighted by Crippen LogP contribution is 2.44. The number of benzene rings is 2. The molecule has 5 rings (SSSR count). The maximum atomic E-state index is 13.5. The monoisotopic (exact) mass is 620 g/mol. The molecule has 2 aromatic heterocycles. The van der Waals surface area contributed by atoms with Crippen LogP contribution in [0, 0.1) is 0 Å². The van der Waals surface area contributed by atoms with Crippen LogP contribution >= 0.6 is 34.7 Å². The topological polar surface area (TPSA) is 106 Å². The normalized spacial score (nSPS) is 16.2. The summed E-state index contributed by atoms with van der Waals surface area (Å²) in [5.41, 5.74) is 2.06. The van der Waals surface area contributed by atoms with Crippen LogP contribution in [-0.4, -0.2) is 38.6 Å². The minimum atomic E-state index is -0.904. The molecule has 1 N–H and O–H groups in total. The molecule has 0 spiro atoms. The van der Waals surface area contributed by atoms with E-state index in [1.165, 1.54) is 46.8 Å². The molecule has 11 heteroatoms. The fourth-order valence-electron chi connectivity index (χ4n) is 4.56. The molecule has 4 aromatic rings. The lowest BCUT2D eigenvalue weighted by molar-refractivity contribution is -0.132. The number of aliphatic hydroxyl groups is 1. The van der Waals surface area contributed by atoms with Gasteiger partial charge in [0.25, 0.3) is 5.78 Å². The van der Waals surface area contributed by atoms with E-state index in [0.717, 1.165) is 24.8 Å². The standard InChI is InChI=1S/C31H29ClN4O4S2/c1-2-3-4-5-18-40-24-12-8-21(9-13-24)26-25(27(37)22-14-16-33-17-15-22)28(38)29(39)36(26)30-34-35-31(42-30)41-19-20-6-10-23(32)11-7-20/h6-17,26,37H,2-5,18-19H2,1H3. The highest BCUT2D eigenvalue weighted by atomic mass is 35.5. The molecular formula is C31H29ClN4O4S2. The minimum absolute atomic E-state index is 0.0231. The maximum Gasteiger partial charge on any atom is 0.301 e. The minimum Gasteiger partial charge on any atom is -0.507 e. The summed E-state index contributed by atoms with van der Waals surface area (Å²) in [5, 5.41) is 20.7. The number of carbonyl (C=O) groups is 2. The number of aromatic nitrogens is 3. The number of ether oxygens (including phenoxy) is 1. The van der Waals surface area contributed by atoms with Crippen molar-refractivity contribution in [2.45, 2.75) is 48.7 Å². The lowest BCUT2D eigenvalue weighted by atomic mass is 9.95. The van der Waals surface area contributed by atoms with Crippen molar-refractivity contribution in [3.05, 3.63) is 100 Å². The predicted molar refractivity (Wildman–Crippen MR) is 166 cm³/mol. The van der Waals surface area contributed by atoms with E-state index in [4.69, 9.17) is 16.3 Å². The Bertz CT molecular complexity index is 1560. The molecule has 3 heterocycles. The number of ketones is 1. The first-order chi connectivity index (χ1) is 20.5. The third-order valence-electron chi connectivity index (χ3n) is 6.74. The summed E-state index contributed by atoms with van der Waals surface area (Å²) < 4.78 is 6.53. The molecule has 2 aromatic carbocycles. The zero-order valence-electron chi connectivity index (χ0n) is 22.9. The van der Waals surface area contributed by atoms with Gasteiger partial charge in [-0.05, 0) is 53.9 Å². The summed E-state index contributed by atoms with van der Waals surface area (Å²) in [4.78, 5) is 32.2. The van der Waals surface area contributed by atoms with Crippen molar-refractivity contribution in [3.8, 4) is 5.75 Å². The average molecular weight is 621 g/mol. The second-order valence-electron chi connectivity index (χ2n) is 9.65. The lowest BCUT2D eigenvalue weighted by Gasteiger charge is -2.22. The number of halogens is 1. The number of anilines is 1. The highest BCUT2D eigenvalue weighted by Gasteiger charge is 2.48. The summed E-state index contributed by atoms with van der Waals surface area (Å²) in [6.07, 6.45) is 7.44. The van der Waals surface area contributed by atoms with Gasteiger partial charge in [-0.1, -0.05) is 85.2 Å². The number of hydrogen-bond acceptors (Lipinski definition) is 9. The first kappa shape index (κ1) is 29.8. The molecule has 216 valence electrons. The zero-order valence-corrected chi connectivity index (χ0v) is 25.3. The molecule has 1 atom stereocenters. The number of hydrogen-bond donors (Lipinski definition) is 1. The van der Waals surface area contributed by atoms with E-state index < -0.39 is 17.7 Å². The third-order valence-corrected chi connectivity index (χ3v) is 9.12. The van der Waals surface area contributed by atoms with E-state index in [9.17, 15) is 14.7 Å². The highest BCUT2D eigenvalue weighted by molar-refractivity contribution is 8.00. The average Bonchev–Trinajstić information content (AvgIpc) is 3.59. The van der Waals surface area contributed by atoms with Gasteiger partial charge in [0.2, 0.25) is 5.13 Å². The Kier molecular flexibility index (Phi) is 9.89. The molecule has 1 fully saturated rings. The van der Waals surface area contributed by atoms with Crippen molar-refractivity contribution in [2.75, 3.05) is 11.5 Å². The van der Waals surface area contributed by atoms with E-state index in [1.54, 1.807) is 12.1 Å². The first-order valence-corrected chi connectivity index (χ1v) is 15.8. The fourth-order valence-corrected chi connectivity index (χ4v) is 6.51. The molecule has 1 amide bonds. The summed E-state index contributed by atoms with van der Waals surface area (Å²) in [6, 6.07) is 17.0. The second-order valence-corrected chi connectivity index (χ2v) is 12.3. The third kappa shape index (κ3) is 6.83. The molecule has 0 bridgehead atoms. The van der Waals surface area contributed by atoms with Gasteiger partial charge in [-0.2, -0.15) is 0 Å². The quantitative estimate of drug-likeness (QED) is 0.0434. The Morgan fingerprint density at radius 2 is 1.74 bits per heavy atom. The number of amides is 1. The van der Waals surface area contributed by atoms with Crippen LogP contribution in [0.15, 0.2) is 83.0 Å². The van der Waals surface area contributed by atoms with Gasteiger partial charge in [0, 0.05) is 28.7 Å². The molecule has 1 aliphatic rings. The SMILES string of the molecule is CCCCCCOc1ccc(C2C(=C(O)c3ccncc3)C(=O)C(=O)N2c2nnc(SCc3ccc(Cl)cc3)s2)cc1. The molecule has 8 nitrogen and oxygen atoms in total. The predicted octanol–water partition coefficient (Wildman–Crippen LogP) is 7.46. The van der Waals surface area contributed by atoms with E-state index in [2.05, 4.69) is 22.1 Å². The van der Waals surface area contributed by atoms with Gasteiger partial charge >= 0.3 is 5.91 Å². The zero-order chi connectivity index (χ0) is 29.5. The Balaban J connectivity index is 1.44. The number of carbonyl (C=O) groups excluding carboxylic acids is 2. The molecule has 0 saturated carbocycles. The summed E-state index contributed by atoms with van der Waals surface area (Å²) in [7, 11) is 0. The van der Waals surface area contributed by atoms with Gasteiger partial charge in [-0.25, -0.2) is 0 Å². The lowest BCUT2D eigenvalue weighted by Crippen LogP contribution is -2.29. The van der Waals surface area contributed by atoms with E-state index in [1.807, 2.05) is 48.5 Å². The van der Waals surface area contributed by atoms with Crippen LogP contribution in [-0.2, 0) is 15.3 Å². The van der Waals surface area contributed by atoms with Crippen LogP contribution in [0.5, 0.6) is 5.75 Å². The van der Waals surface area contributed by atoms with Crippen molar-refractivity contribution in [2.24, 2.45) is 0 Å². The summed E-state index contributed by atoms with van der Waals surface area (Å²) in [6.45, 7) is 2.78. The van der Waals surface area contributed by atoms with Gasteiger partial charge < -0.3 is 9.84 Å². The molecule has 1 aliphatic heterocycles. The van der Waals surface area contributed by atoms with Crippen LogP contribution in [0.3, 0.4) is 0 Å². The van der Waals surface area contributed by atoms with Gasteiger partial charge in [0.15, 0.2) is 4.34 Å². The van der Waals surface area contributed by atoms with E-state index >= 15 is 0 Å². The molecule has 0 radical (unpaired) electrons. The van der Waals surface area contributed by atoms with Crippen LogP contribution in [0.2, 0.25) is 5.02 Å². The number of Topliss-reactive ketones (excluding diaryl/α,β-unsaturated/α-hetero) is 1. The number of unbranched alkanes of at least 4 members (excludes halogenated alkanes) is 3. The number of pyridine rings is 1. The fraction of sp³-hybridized carbons (Fsp3) is 0.258. The summed E-state index contributed by atoms with van der Waals surface area (Å²) >= 11 is 8.68. The number of nitrogens with zero attached hydrogens (tertiary/aromatic N) is 4. The summed E-state index contributed by atoms with van der Waals surface area (Å²) in [5.74, 6) is -0.524. The van der Waals surface area contributed by atoms with Gasteiger partial charge in [0.05, 0.1) is 18.2 Å². The van der Waals surface area contributed by atoms with Crippen LogP contribution in [0.4, 0.5) is 5.13 Å². The Morgan fingerprint density at radius 1 is 1.00 bits per heavy atom. The molecule has 0 aliphatic carbocycles. The van der Waals surface area contributed by atoms with Gasteiger partial charge in [0.1, 0.15) is 11.5 Å². The van der Waals surface area contributed by atoms with Gasteiger partial charge in [-0.15, -0.1) is 10.2 Å². The second kappa shape index (κ2) is 14.0. The Morgan fingerprint density at radius 3 is 2.45 bits per heavy atom. The van der Waals surface area contributed by atoms with Crippen molar-refractivity contribution >= 4 is 57.3 Å². The van der Waals surface area contributed by atoms with Crippen molar-refractivity contribution in [1.82, 2.24) is 15.2 Å². The van der Waals surface area contributed by atoms with Crippen LogP contribution in [0.1, 0.15) is 55.3 Å². The number of rotatable bonds is 12.